The second-order valence-electron chi connectivity index (χ2n) is 17.7. The molecule has 26 heteroatoms. The van der Waals surface area contributed by atoms with Crippen molar-refractivity contribution in [1.82, 2.24) is 42.1 Å². The van der Waals surface area contributed by atoms with E-state index in [0.29, 0.717) is 77.3 Å². The first-order valence-corrected chi connectivity index (χ1v) is 24.5. The van der Waals surface area contributed by atoms with Gasteiger partial charge in [-0.2, -0.15) is 0 Å². The lowest BCUT2D eigenvalue weighted by Gasteiger charge is -2.29. The molecule has 7 atom stereocenters. The number of carbonyl (C=O) groups is 9. The minimum Gasteiger partial charge on any atom is -0.480 e. The molecule has 0 aromatic carbocycles. The largest absolute Gasteiger partial charge is 0.480 e. The third kappa shape index (κ3) is 24.2. The number of unbranched alkanes of at least 4 members (excludes halogenated alkanes) is 4. The highest BCUT2D eigenvalue weighted by molar-refractivity contribution is 5.97. The summed E-state index contributed by atoms with van der Waals surface area (Å²) < 4.78 is 0. The molecule has 0 aromatic rings. The molecule has 1 rings (SSSR count). The average Bonchev–Trinajstić information content (AvgIpc) is 3.82. The first-order chi connectivity index (χ1) is 33.3. The molecule has 1 heterocycles. The van der Waals surface area contributed by atoms with E-state index in [9.17, 15) is 48.3 Å². The number of nitrogens with one attached hydrogen (secondary N) is 7. The van der Waals surface area contributed by atoms with E-state index in [2.05, 4.69) is 42.2 Å². The zero-order chi connectivity index (χ0) is 52.6. The third-order valence-electron chi connectivity index (χ3n) is 11.6. The molecule has 1 fully saturated rings. The highest BCUT2D eigenvalue weighted by Gasteiger charge is 2.37. The standard InChI is InChI=1S/C44H84N16O10/c1-27(2)36(43(69)70)59-41(67)31(16-6-10-22-48)56-40(66)32(17-11-23-52-44(50)51)57-38(64)29(14-4-8-20-46)54-37(63)28(13-3-7-19-45)55-39(65)30(15-5-9-21-47)58-42(68)33-18-12-24-60(33)35(62)26-53-34(61)25-49/h27-33,36H,3-26,45-49H2,1-2H3,(H,53,61)(H,54,63)(H,55,65)(H,56,66)(H,57,64)(H,58,68)(H,59,67)(H,69,70)(H4,50,51,52)/t28-,29-,30-,31-,32-,33-,36-/m0/s1. The van der Waals surface area contributed by atoms with Crippen LogP contribution >= 0.6 is 0 Å². The molecule has 0 aliphatic carbocycles. The normalized spacial score (nSPS) is 15.8. The van der Waals surface area contributed by atoms with Crippen molar-refractivity contribution in [2.45, 2.75) is 159 Å². The first kappa shape index (κ1) is 62.3. The molecule has 0 aromatic heterocycles. The van der Waals surface area contributed by atoms with Gasteiger partial charge >= 0.3 is 5.97 Å². The predicted molar refractivity (Wildman–Crippen MR) is 262 cm³/mol. The zero-order valence-electron chi connectivity index (χ0n) is 41.1. The number of aliphatic imine (C=N–C) groups is 1. The van der Waals surface area contributed by atoms with Crippen molar-refractivity contribution in [3.63, 3.8) is 0 Å². The van der Waals surface area contributed by atoms with Crippen LogP contribution in [0.2, 0.25) is 0 Å². The number of guanidine groups is 1. The number of aliphatic carboxylic acids is 1. The molecular formula is C44H84N16O10. The molecule has 1 saturated heterocycles. The van der Waals surface area contributed by atoms with Crippen molar-refractivity contribution in [3.8, 4) is 0 Å². The molecular weight excluding hydrogens is 913 g/mol. The van der Waals surface area contributed by atoms with Gasteiger partial charge in [0.15, 0.2) is 5.96 Å². The number of carbonyl (C=O) groups excluding carboxylic acids is 8. The molecule has 70 heavy (non-hydrogen) atoms. The Morgan fingerprint density at radius 3 is 1.31 bits per heavy atom. The van der Waals surface area contributed by atoms with Gasteiger partial charge in [-0.05, 0) is 135 Å². The van der Waals surface area contributed by atoms with Crippen molar-refractivity contribution < 1.29 is 48.3 Å². The minimum atomic E-state index is -1.30. The van der Waals surface area contributed by atoms with E-state index in [1.54, 1.807) is 13.8 Å². The number of hydrogen-bond donors (Lipinski definition) is 15. The number of carboxylic acid groups (broad SMARTS) is 1. The van der Waals surface area contributed by atoms with Gasteiger partial charge in [-0.3, -0.25) is 43.3 Å². The number of carboxylic acids is 1. The Labute approximate surface area is 411 Å². The van der Waals surface area contributed by atoms with Crippen molar-refractivity contribution in [2.24, 2.45) is 51.0 Å². The molecule has 0 bridgehead atoms. The van der Waals surface area contributed by atoms with Gasteiger partial charge in [0.25, 0.3) is 0 Å². The van der Waals surface area contributed by atoms with Gasteiger partial charge in [-0.25, -0.2) is 4.79 Å². The Bertz CT molecular complexity index is 1700. The Morgan fingerprint density at radius 1 is 0.571 bits per heavy atom. The summed E-state index contributed by atoms with van der Waals surface area (Å²) in [5, 5.41) is 28.3. The number of amides is 8. The summed E-state index contributed by atoms with van der Waals surface area (Å²) in [7, 11) is 0. The van der Waals surface area contributed by atoms with Crippen LogP contribution in [-0.2, 0) is 43.2 Å². The smallest absolute Gasteiger partial charge is 0.326 e. The summed E-state index contributed by atoms with van der Waals surface area (Å²) >= 11 is 0. The molecule has 22 N–H and O–H groups in total. The van der Waals surface area contributed by atoms with E-state index in [4.69, 9.17) is 40.1 Å². The monoisotopic (exact) mass is 997 g/mol. The fraction of sp³-hybridized carbons (Fsp3) is 0.773. The maximum absolute atomic E-state index is 14.2. The van der Waals surface area contributed by atoms with E-state index in [-0.39, 0.29) is 83.8 Å². The fourth-order valence-electron chi connectivity index (χ4n) is 7.63. The molecule has 8 amide bonds. The summed E-state index contributed by atoms with van der Waals surface area (Å²) in [4.78, 5) is 126. The van der Waals surface area contributed by atoms with Crippen molar-refractivity contribution in [3.05, 3.63) is 0 Å². The number of hydrogen-bond acceptors (Lipinski definition) is 15. The maximum atomic E-state index is 14.2. The van der Waals surface area contributed by atoms with Gasteiger partial charge in [0, 0.05) is 13.1 Å². The molecule has 400 valence electrons. The molecule has 1 aliphatic rings. The van der Waals surface area contributed by atoms with Gasteiger partial charge in [0.05, 0.1) is 13.1 Å². The van der Waals surface area contributed by atoms with E-state index < -0.39 is 101 Å². The van der Waals surface area contributed by atoms with Crippen LogP contribution in [0.5, 0.6) is 0 Å². The van der Waals surface area contributed by atoms with Crippen LogP contribution in [0.15, 0.2) is 4.99 Å². The second kappa shape index (κ2) is 35.4. The summed E-state index contributed by atoms with van der Waals surface area (Å²) in [6.45, 7) is 4.09. The van der Waals surface area contributed by atoms with Crippen LogP contribution in [0.25, 0.3) is 0 Å². The van der Waals surface area contributed by atoms with Crippen LogP contribution in [0, 0.1) is 5.92 Å². The van der Waals surface area contributed by atoms with Crippen LogP contribution in [0.1, 0.15) is 117 Å². The molecule has 26 nitrogen and oxygen atoms in total. The highest BCUT2D eigenvalue weighted by Crippen LogP contribution is 2.18. The summed E-state index contributed by atoms with van der Waals surface area (Å²) in [5.41, 5.74) is 39.3. The van der Waals surface area contributed by atoms with Crippen molar-refractivity contribution in [2.75, 3.05) is 52.4 Å². The second-order valence-corrected chi connectivity index (χ2v) is 17.7. The highest BCUT2D eigenvalue weighted by atomic mass is 16.4. The number of likely N-dealkylation sites (tertiary alicyclic amines) is 1. The SMILES string of the molecule is CC(C)[C@H](NC(=O)[C@H](CCCCN)NC(=O)[C@H](CCCN=C(N)N)NC(=O)[C@H](CCCCN)NC(=O)[C@H](CCCCN)NC(=O)[C@H](CCCCN)NC(=O)[C@@H]1CCCN1C(=O)CNC(=O)CN)C(=O)O. The quantitative estimate of drug-likeness (QED) is 0.0158. The van der Waals surface area contributed by atoms with Gasteiger partial charge < -0.3 is 87.4 Å². The first-order valence-electron chi connectivity index (χ1n) is 24.5. The van der Waals surface area contributed by atoms with Crippen molar-refractivity contribution >= 4 is 59.2 Å². The van der Waals surface area contributed by atoms with Crippen LogP contribution in [-0.4, -0.2) is 164 Å². The fourth-order valence-corrected chi connectivity index (χ4v) is 7.63. The summed E-state index contributed by atoms with van der Waals surface area (Å²) in [6.07, 6.45) is 5.01. The number of nitrogens with zero attached hydrogens (tertiary/aromatic N) is 2. The van der Waals surface area contributed by atoms with E-state index in [1.807, 2.05) is 0 Å². The number of nitrogens with two attached hydrogens (primary N) is 7. The Kier molecular flexibility index (Phi) is 31.5. The topological polar surface area (TPSA) is 456 Å². The molecule has 0 spiro atoms. The van der Waals surface area contributed by atoms with Gasteiger partial charge in [-0.1, -0.05) is 13.8 Å². The lowest BCUT2D eigenvalue weighted by Crippen LogP contribution is -2.60. The summed E-state index contributed by atoms with van der Waals surface area (Å²) in [6, 6.07) is -8.30. The summed E-state index contributed by atoms with van der Waals surface area (Å²) in [5.74, 6) is -7.27. The van der Waals surface area contributed by atoms with Gasteiger partial charge in [0.2, 0.25) is 47.3 Å². The third-order valence-corrected chi connectivity index (χ3v) is 11.6. The average molecular weight is 997 g/mol. The van der Waals surface area contributed by atoms with E-state index in [1.165, 1.54) is 4.90 Å². The van der Waals surface area contributed by atoms with Gasteiger partial charge in [0.1, 0.15) is 42.3 Å². The Hall–Kier alpha value is -5.70. The van der Waals surface area contributed by atoms with Gasteiger partial charge in [-0.15, -0.1) is 0 Å². The Balaban J connectivity index is 3.49. The minimum absolute atomic E-state index is 0.0225. The zero-order valence-corrected chi connectivity index (χ0v) is 41.1. The predicted octanol–water partition coefficient (Wildman–Crippen LogP) is -4.73. The molecule has 0 unspecified atom stereocenters. The van der Waals surface area contributed by atoms with E-state index >= 15 is 0 Å². The maximum Gasteiger partial charge on any atom is 0.326 e. The van der Waals surface area contributed by atoms with Crippen LogP contribution < -0.4 is 77.4 Å². The molecule has 0 radical (unpaired) electrons. The van der Waals surface area contributed by atoms with Crippen LogP contribution in [0.3, 0.4) is 0 Å². The van der Waals surface area contributed by atoms with Crippen LogP contribution in [0.4, 0.5) is 0 Å². The van der Waals surface area contributed by atoms with Crippen molar-refractivity contribution in [1.29, 1.82) is 0 Å². The van der Waals surface area contributed by atoms with E-state index in [0.717, 1.165) is 0 Å². The molecule has 0 saturated carbocycles. The Morgan fingerprint density at radius 2 is 0.957 bits per heavy atom. The molecule has 1 aliphatic heterocycles. The lowest BCUT2D eigenvalue weighted by molar-refractivity contribution is -0.143. The number of rotatable bonds is 37. The lowest BCUT2D eigenvalue weighted by atomic mass is 10.0.